The number of carbonyl (C=O) groups excluding carboxylic acids is 1. The molecule has 174 valence electrons. The van der Waals surface area contributed by atoms with E-state index in [1.54, 1.807) is 18.9 Å². The predicted molar refractivity (Wildman–Crippen MR) is 132 cm³/mol. The van der Waals surface area contributed by atoms with Crippen LogP contribution in [0.1, 0.15) is 39.6 Å². The van der Waals surface area contributed by atoms with E-state index >= 15 is 0 Å². The zero-order valence-electron chi connectivity index (χ0n) is 19.8. The molecule has 1 aliphatic heterocycles. The average Bonchev–Trinajstić information content (AvgIpc) is 3.22. The summed E-state index contributed by atoms with van der Waals surface area (Å²) in [6.45, 7) is 9.06. The first-order chi connectivity index (χ1) is 15.8. The quantitative estimate of drug-likeness (QED) is 0.431. The number of benzene rings is 2. The monoisotopic (exact) mass is 465 g/mol. The van der Waals surface area contributed by atoms with Gasteiger partial charge in [-0.25, -0.2) is 9.78 Å². The summed E-state index contributed by atoms with van der Waals surface area (Å²) in [5.41, 5.74) is 1.22. The third-order valence-electron chi connectivity index (χ3n) is 5.51. The second kappa shape index (κ2) is 9.51. The Labute approximate surface area is 199 Å². The number of thioether (sulfide) groups is 1. The maximum atomic E-state index is 13.2. The molecule has 1 amide bonds. The lowest BCUT2D eigenvalue weighted by Gasteiger charge is -2.39. The highest BCUT2D eigenvalue weighted by Crippen LogP contribution is 2.40. The third kappa shape index (κ3) is 5.19. The number of ether oxygens (including phenoxy) is 2. The van der Waals surface area contributed by atoms with Gasteiger partial charge in [-0.3, -0.25) is 4.90 Å². The first-order valence-electron chi connectivity index (χ1n) is 11.2. The molecule has 0 radical (unpaired) electrons. The van der Waals surface area contributed by atoms with Gasteiger partial charge in [0, 0.05) is 35.0 Å². The van der Waals surface area contributed by atoms with Crippen LogP contribution < -0.4 is 4.74 Å². The van der Waals surface area contributed by atoms with Gasteiger partial charge in [-0.05, 0) is 45.0 Å². The largest absolute Gasteiger partial charge is 0.496 e. The van der Waals surface area contributed by atoms with E-state index in [4.69, 9.17) is 14.5 Å². The minimum Gasteiger partial charge on any atom is -0.496 e. The summed E-state index contributed by atoms with van der Waals surface area (Å²) in [4.78, 5) is 21.2. The Kier molecular flexibility index (Phi) is 6.70. The number of hydrogen-bond acceptors (Lipinski definition) is 5. The Hall–Kier alpha value is -2.93. The minimum atomic E-state index is -0.563. The molecular weight excluding hydrogens is 434 g/mol. The summed E-state index contributed by atoms with van der Waals surface area (Å²) in [6.07, 6.45) is 1.76. The van der Waals surface area contributed by atoms with Crippen LogP contribution in [0.3, 0.4) is 0 Å². The number of amides is 1. The van der Waals surface area contributed by atoms with Crippen molar-refractivity contribution in [3.8, 4) is 17.0 Å². The third-order valence-corrected chi connectivity index (χ3v) is 6.68. The Morgan fingerprint density at radius 1 is 1.09 bits per heavy atom. The number of methoxy groups -OCH3 is 1. The Bertz CT molecular complexity index is 1110. The van der Waals surface area contributed by atoms with Gasteiger partial charge in [-0.15, -0.1) is 11.8 Å². The summed E-state index contributed by atoms with van der Waals surface area (Å²) in [6, 6.07) is 17.9. The SMILES string of the molecule is COc1ccccc1-c1cn2c(n1)C(C(C)Sc1ccccc1)N(C(=O)OC(C)(C)C)CC2. The molecule has 0 N–H and O–H groups in total. The normalized spacial score (nSPS) is 16.8. The fourth-order valence-electron chi connectivity index (χ4n) is 4.09. The van der Waals surface area contributed by atoms with Gasteiger partial charge in [0.25, 0.3) is 0 Å². The van der Waals surface area contributed by atoms with Crippen LogP contribution in [-0.2, 0) is 11.3 Å². The van der Waals surface area contributed by atoms with E-state index in [1.165, 1.54) is 0 Å². The highest BCUT2D eigenvalue weighted by Gasteiger charge is 2.39. The number of rotatable bonds is 5. The van der Waals surface area contributed by atoms with Gasteiger partial charge in [0.2, 0.25) is 0 Å². The van der Waals surface area contributed by atoms with E-state index in [1.807, 2.05) is 68.1 Å². The highest BCUT2D eigenvalue weighted by molar-refractivity contribution is 8.00. The second-order valence-electron chi connectivity index (χ2n) is 9.13. The van der Waals surface area contributed by atoms with Crippen LogP contribution in [0.5, 0.6) is 5.75 Å². The molecule has 0 fully saturated rings. The lowest BCUT2D eigenvalue weighted by atomic mass is 10.1. The summed E-state index contributed by atoms with van der Waals surface area (Å²) in [5.74, 6) is 1.64. The van der Waals surface area contributed by atoms with Crippen molar-refractivity contribution in [2.75, 3.05) is 13.7 Å². The Morgan fingerprint density at radius 2 is 1.79 bits per heavy atom. The highest BCUT2D eigenvalue weighted by atomic mass is 32.2. The summed E-state index contributed by atoms with van der Waals surface area (Å²) < 4.78 is 13.5. The number of aromatic nitrogens is 2. The number of imidazole rings is 1. The standard InChI is InChI=1S/C26H31N3O3S/c1-18(33-19-11-7-6-8-12-19)23-24-27-21(20-13-9-10-14-22(20)31-5)17-28(24)15-16-29(23)25(30)32-26(2,3)4/h6-14,17-18,23H,15-16H2,1-5H3. The Balaban J connectivity index is 1.72. The molecule has 3 aromatic rings. The van der Waals surface area contributed by atoms with Crippen molar-refractivity contribution in [1.82, 2.24) is 14.5 Å². The van der Waals surface area contributed by atoms with E-state index in [2.05, 4.69) is 29.8 Å². The predicted octanol–water partition coefficient (Wildman–Crippen LogP) is 6.03. The molecule has 0 saturated heterocycles. The van der Waals surface area contributed by atoms with Crippen LogP contribution in [0.25, 0.3) is 11.3 Å². The van der Waals surface area contributed by atoms with Crippen LogP contribution in [0.2, 0.25) is 0 Å². The molecule has 0 spiro atoms. The molecule has 4 rings (SSSR count). The van der Waals surface area contributed by atoms with Crippen LogP contribution in [0.15, 0.2) is 65.7 Å². The van der Waals surface area contributed by atoms with E-state index in [0.717, 1.165) is 27.7 Å². The first-order valence-corrected chi connectivity index (χ1v) is 12.1. The molecule has 2 heterocycles. The summed E-state index contributed by atoms with van der Waals surface area (Å²) in [5, 5.41) is 0.0619. The number of carbonyl (C=O) groups is 1. The van der Waals surface area contributed by atoms with Crippen molar-refractivity contribution >= 4 is 17.9 Å². The fourth-order valence-corrected chi connectivity index (χ4v) is 5.23. The maximum Gasteiger partial charge on any atom is 0.411 e. The van der Waals surface area contributed by atoms with Crippen LogP contribution in [-0.4, -0.2) is 45.0 Å². The fraction of sp³-hybridized carbons (Fsp3) is 0.385. The van der Waals surface area contributed by atoms with Crippen LogP contribution >= 0.6 is 11.8 Å². The number of para-hydroxylation sites is 1. The summed E-state index contributed by atoms with van der Waals surface area (Å²) in [7, 11) is 1.67. The van der Waals surface area contributed by atoms with Gasteiger partial charge in [0.1, 0.15) is 23.2 Å². The average molecular weight is 466 g/mol. The molecule has 0 aliphatic carbocycles. The van der Waals surface area contributed by atoms with Crippen molar-refractivity contribution in [2.24, 2.45) is 0 Å². The zero-order chi connectivity index (χ0) is 23.6. The molecule has 1 aromatic heterocycles. The van der Waals surface area contributed by atoms with Crippen molar-refractivity contribution < 1.29 is 14.3 Å². The van der Waals surface area contributed by atoms with E-state index in [0.29, 0.717) is 13.1 Å². The number of nitrogens with zero attached hydrogens (tertiary/aromatic N) is 3. The van der Waals surface area contributed by atoms with Gasteiger partial charge in [-0.1, -0.05) is 37.3 Å². The van der Waals surface area contributed by atoms with Crippen molar-refractivity contribution in [1.29, 1.82) is 0 Å². The van der Waals surface area contributed by atoms with Crippen LogP contribution in [0, 0.1) is 0 Å². The van der Waals surface area contributed by atoms with Gasteiger partial charge in [-0.2, -0.15) is 0 Å². The van der Waals surface area contributed by atoms with Gasteiger partial charge in [0.05, 0.1) is 12.8 Å². The van der Waals surface area contributed by atoms with E-state index in [9.17, 15) is 4.79 Å². The van der Waals surface area contributed by atoms with Crippen molar-refractivity contribution in [3.63, 3.8) is 0 Å². The molecule has 2 atom stereocenters. The Morgan fingerprint density at radius 3 is 2.48 bits per heavy atom. The van der Waals surface area contributed by atoms with Gasteiger partial charge < -0.3 is 14.0 Å². The maximum absolute atomic E-state index is 13.2. The van der Waals surface area contributed by atoms with Gasteiger partial charge >= 0.3 is 6.09 Å². The van der Waals surface area contributed by atoms with E-state index in [-0.39, 0.29) is 17.4 Å². The molecule has 0 bridgehead atoms. The van der Waals surface area contributed by atoms with Gasteiger partial charge in [0.15, 0.2) is 0 Å². The molecular formula is C26H31N3O3S. The van der Waals surface area contributed by atoms with Crippen molar-refractivity contribution in [2.45, 2.75) is 56.0 Å². The first kappa shape index (κ1) is 23.2. The zero-order valence-corrected chi connectivity index (χ0v) is 20.6. The summed E-state index contributed by atoms with van der Waals surface area (Å²) >= 11 is 1.74. The molecule has 0 saturated carbocycles. The lowest BCUT2D eigenvalue weighted by Crippen LogP contribution is -2.47. The smallest absolute Gasteiger partial charge is 0.411 e. The topological polar surface area (TPSA) is 56.6 Å². The minimum absolute atomic E-state index is 0.0619. The van der Waals surface area contributed by atoms with Crippen LogP contribution in [0.4, 0.5) is 4.79 Å². The molecule has 2 unspecified atom stereocenters. The van der Waals surface area contributed by atoms with E-state index < -0.39 is 5.60 Å². The van der Waals surface area contributed by atoms with Crippen molar-refractivity contribution in [3.05, 3.63) is 66.6 Å². The molecule has 33 heavy (non-hydrogen) atoms. The molecule has 7 heteroatoms. The second-order valence-corrected chi connectivity index (χ2v) is 10.6. The lowest BCUT2D eigenvalue weighted by molar-refractivity contribution is 0.0101. The number of fused-ring (bicyclic) bond motifs is 1. The molecule has 2 aromatic carbocycles. The molecule has 1 aliphatic rings. The number of hydrogen-bond donors (Lipinski definition) is 0. The molecule has 6 nitrogen and oxygen atoms in total.